The van der Waals surface area contributed by atoms with Crippen LogP contribution in [0.2, 0.25) is 0 Å². The van der Waals surface area contributed by atoms with Crippen LogP contribution >= 0.6 is 0 Å². The number of nitrogens with one attached hydrogen (secondary N) is 1. The monoisotopic (exact) mass is 578 g/mol. The van der Waals surface area contributed by atoms with Crippen LogP contribution in [-0.4, -0.2) is 45.2 Å². The van der Waals surface area contributed by atoms with Crippen LogP contribution < -0.4 is 5.32 Å². The van der Waals surface area contributed by atoms with Gasteiger partial charge in [-0.25, -0.2) is 9.18 Å². The smallest absolute Gasteiger partial charge is 0.407 e. The van der Waals surface area contributed by atoms with E-state index in [0.717, 1.165) is 40.4 Å². The number of carbonyl (C=O) groups is 2. The summed E-state index contributed by atoms with van der Waals surface area (Å²) in [5.41, 5.74) is 4.16. The molecule has 220 valence electrons. The summed E-state index contributed by atoms with van der Waals surface area (Å²) in [6, 6.07) is 20.3. The molecule has 0 radical (unpaired) electrons. The first-order chi connectivity index (χ1) is 20.5. The van der Waals surface area contributed by atoms with Crippen LogP contribution in [0.1, 0.15) is 62.4 Å². The molecule has 7 nitrogen and oxygen atoms in total. The summed E-state index contributed by atoms with van der Waals surface area (Å²) >= 11 is 0. The average Bonchev–Trinajstić information content (AvgIpc) is 3.46. The second kappa shape index (κ2) is 10.9. The normalized spacial score (nSPS) is 19.7. The fraction of sp³-hybridized carbons (Fsp3) is 0.343. The van der Waals surface area contributed by atoms with E-state index >= 15 is 0 Å². The van der Waals surface area contributed by atoms with Crippen molar-refractivity contribution >= 4 is 22.9 Å². The zero-order chi connectivity index (χ0) is 30.5. The highest BCUT2D eigenvalue weighted by molar-refractivity contribution is 5.99. The van der Waals surface area contributed by atoms with E-state index < -0.39 is 17.5 Å². The number of aryl methyl sites for hydroxylation is 1. The molecule has 2 fully saturated rings. The first kappa shape index (κ1) is 28.5. The number of benzene rings is 3. The standard InChI is InChI=1S/C35H35FN4O3/c1-35(2,3)43-34(42)38-26-18-27-9-10-28(19-26)40(27)33(41)24-7-11-29(21-8-12-32-23(15-21)13-14-39(32)4)30(16-24)22-5-6-25(20-37)31(36)17-22/h5-8,11-17,26-28H,9-10,18-19H2,1-4H3,(H,38,42)/t26-,27-,28+. The molecule has 2 bridgehead atoms. The number of piperidine rings is 1. The van der Waals surface area contributed by atoms with Crippen molar-refractivity contribution in [1.29, 1.82) is 5.26 Å². The first-order valence-electron chi connectivity index (χ1n) is 14.7. The second-order valence-electron chi connectivity index (χ2n) is 12.7. The highest BCUT2D eigenvalue weighted by Gasteiger charge is 2.44. The van der Waals surface area contributed by atoms with Gasteiger partial charge in [0.25, 0.3) is 5.91 Å². The van der Waals surface area contributed by atoms with E-state index in [-0.39, 0.29) is 29.6 Å². The van der Waals surface area contributed by atoms with Gasteiger partial charge in [-0.05, 0) is 111 Å². The van der Waals surface area contributed by atoms with Gasteiger partial charge in [0.15, 0.2) is 0 Å². The van der Waals surface area contributed by atoms with Crippen molar-refractivity contribution in [3.63, 3.8) is 0 Å². The zero-order valence-corrected chi connectivity index (χ0v) is 24.9. The maximum Gasteiger partial charge on any atom is 0.407 e. The van der Waals surface area contributed by atoms with E-state index in [9.17, 15) is 19.2 Å². The van der Waals surface area contributed by atoms with Crippen molar-refractivity contribution in [2.45, 2.75) is 70.2 Å². The maximum absolute atomic E-state index is 14.8. The fourth-order valence-electron chi connectivity index (χ4n) is 6.64. The van der Waals surface area contributed by atoms with Gasteiger partial charge in [-0.1, -0.05) is 18.2 Å². The van der Waals surface area contributed by atoms with Crippen LogP contribution in [0.4, 0.5) is 9.18 Å². The predicted octanol–water partition coefficient (Wildman–Crippen LogP) is 7.18. The Morgan fingerprint density at radius 2 is 1.65 bits per heavy atom. The molecule has 0 spiro atoms. The third kappa shape index (κ3) is 5.60. The molecule has 2 saturated heterocycles. The lowest BCUT2D eigenvalue weighted by Crippen LogP contribution is -2.53. The summed E-state index contributed by atoms with van der Waals surface area (Å²) in [5, 5.41) is 13.4. The number of rotatable bonds is 4. The summed E-state index contributed by atoms with van der Waals surface area (Å²) in [4.78, 5) is 28.4. The number of amides is 2. The van der Waals surface area contributed by atoms with Crippen molar-refractivity contribution in [2.24, 2.45) is 7.05 Å². The number of halogens is 1. The molecular weight excluding hydrogens is 543 g/mol. The molecule has 2 aliphatic heterocycles. The molecule has 4 aromatic rings. The summed E-state index contributed by atoms with van der Waals surface area (Å²) in [5.74, 6) is -0.664. The van der Waals surface area contributed by atoms with E-state index in [0.29, 0.717) is 24.0 Å². The van der Waals surface area contributed by atoms with E-state index in [1.165, 1.54) is 12.1 Å². The van der Waals surface area contributed by atoms with Crippen molar-refractivity contribution in [1.82, 2.24) is 14.8 Å². The molecule has 6 rings (SSSR count). The zero-order valence-electron chi connectivity index (χ0n) is 24.9. The van der Waals surface area contributed by atoms with Gasteiger partial charge < -0.3 is 19.5 Å². The van der Waals surface area contributed by atoms with Crippen LogP contribution in [0.5, 0.6) is 0 Å². The van der Waals surface area contributed by atoms with Crippen molar-refractivity contribution in [2.75, 3.05) is 0 Å². The van der Waals surface area contributed by atoms with Crippen LogP contribution in [0, 0.1) is 17.1 Å². The Bertz CT molecular complexity index is 1770. The molecule has 8 heteroatoms. The third-order valence-corrected chi connectivity index (χ3v) is 8.55. The predicted molar refractivity (Wildman–Crippen MR) is 164 cm³/mol. The number of ether oxygens (including phenoxy) is 1. The van der Waals surface area contributed by atoms with Crippen molar-refractivity contribution < 1.29 is 18.7 Å². The van der Waals surface area contributed by atoms with Gasteiger partial charge in [0.05, 0.1) is 5.56 Å². The van der Waals surface area contributed by atoms with Gasteiger partial charge in [-0.15, -0.1) is 0 Å². The number of hydrogen-bond donors (Lipinski definition) is 1. The molecule has 2 amide bonds. The Morgan fingerprint density at radius 3 is 2.33 bits per heavy atom. The van der Waals surface area contributed by atoms with Gasteiger partial charge in [0.2, 0.25) is 0 Å². The molecule has 2 aliphatic rings. The number of aromatic nitrogens is 1. The lowest BCUT2D eigenvalue weighted by Gasteiger charge is -2.39. The first-order valence-corrected chi connectivity index (χ1v) is 14.7. The van der Waals surface area contributed by atoms with Crippen LogP contribution in [0.15, 0.2) is 66.9 Å². The minimum absolute atomic E-state index is 0.0159. The molecule has 3 atom stereocenters. The molecule has 1 aromatic heterocycles. The summed E-state index contributed by atoms with van der Waals surface area (Å²) in [7, 11) is 2.00. The molecule has 0 saturated carbocycles. The number of carbonyl (C=O) groups excluding carboxylic acids is 2. The van der Waals surface area contributed by atoms with Crippen LogP contribution in [0.3, 0.4) is 0 Å². The highest BCUT2D eigenvalue weighted by atomic mass is 19.1. The third-order valence-electron chi connectivity index (χ3n) is 8.55. The van der Waals surface area contributed by atoms with E-state index in [1.807, 2.05) is 69.3 Å². The number of fused-ring (bicyclic) bond motifs is 3. The average molecular weight is 579 g/mol. The summed E-state index contributed by atoms with van der Waals surface area (Å²) in [6.07, 6.45) is 4.68. The van der Waals surface area contributed by atoms with Crippen molar-refractivity contribution in [3.8, 4) is 28.3 Å². The largest absolute Gasteiger partial charge is 0.444 e. The Hall–Kier alpha value is -4.64. The van der Waals surface area contributed by atoms with Crippen LogP contribution in [0.25, 0.3) is 33.2 Å². The van der Waals surface area contributed by atoms with E-state index in [2.05, 4.69) is 28.1 Å². The molecule has 3 heterocycles. The minimum atomic E-state index is -0.598. The Labute approximate surface area is 250 Å². The molecule has 3 aromatic carbocycles. The molecule has 0 unspecified atom stereocenters. The van der Waals surface area contributed by atoms with E-state index in [4.69, 9.17) is 4.74 Å². The number of nitriles is 1. The van der Waals surface area contributed by atoms with Gasteiger partial charge in [-0.2, -0.15) is 5.26 Å². The minimum Gasteiger partial charge on any atom is -0.444 e. The summed E-state index contributed by atoms with van der Waals surface area (Å²) in [6.45, 7) is 5.51. The van der Waals surface area contributed by atoms with Crippen LogP contribution in [-0.2, 0) is 11.8 Å². The molecule has 0 aliphatic carbocycles. The highest BCUT2D eigenvalue weighted by Crippen LogP contribution is 2.39. The van der Waals surface area contributed by atoms with Gasteiger partial charge in [0, 0.05) is 47.8 Å². The summed E-state index contributed by atoms with van der Waals surface area (Å²) < 4.78 is 22.3. The Kier molecular flexibility index (Phi) is 7.21. The lowest BCUT2D eigenvalue weighted by atomic mass is 9.90. The second-order valence-corrected chi connectivity index (χ2v) is 12.7. The Balaban J connectivity index is 1.32. The van der Waals surface area contributed by atoms with Crippen molar-refractivity contribution in [3.05, 3.63) is 83.8 Å². The van der Waals surface area contributed by atoms with Gasteiger partial charge >= 0.3 is 6.09 Å². The molecule has 1 N–H and O–H groups in total. The van der Waals surface area contributed by atoms with E-state index in [1.54, 1.807) is 6.07 Å². The SMILES string of the molecule is Cn1ccc2cc(-c3ccc(C(=O)N4[C@@H]5CC[C@H]4C[C@H](NC(=O)OC(C)(C)C)C5)cc3-c3ccc(C#N)c(F)c3)ccc21. The lowest BCUT2D eigenvalue weighted by molar-refractivity contribution is 0.0418. The topological polar surface area (TPSA) is 87.4 Å². The van der Waals surface area contributed by atoms with Gasteiger partial charge in [0.1, 0.15) is 17.5 Å². The molecular formula is C35H35FN4O3. The number of nitrogens with zero attached hydrogens (tertiary/aromatic N) is 3. The molecule has 43 heavy (non-hydrogen) atoms. The maximum atomic E-state index is 14.8. The number of alkyl carbamates (subject to hydrolysis) is 1. The Morgan fingerprint density at radius 1 is 0.953 bits per heavy atom. The quantitative estimate of drug-likeness (QED) is 0.278. The van der Waals surface area contributed by atoms with Gasteiger partial charge in [-0.3, -0.25) is 4.79 Å². The number of hydrogen-bond acceptors (Lipinski definition) is 4. The fourth-order valence-corrected chi connectivity index (χ4v) is 6.64.